The standard InChI is InChI=1S/C20H26N2O4S/c1-17-10-12-19(13-11-17)27(24,25)22(2)15-14-21-20(23)9-6-16-26-18-7-4-3-5-8-18/h3-5,7-8,10-13H,6,9,14-16H2,1-2H3,(H,21,23). The van der Waals surface area contributed by atoms with Crippen molar-refractivity contribution in [1.82, 2.24) is 9.62 Å². The van der Waals surface area contributed by atoms with Crippen LogP contribution < -0.4 is 10.1 Å². The third-order valence-corrected chi connectivity index (χ3v) is 5.91. The molecule has 0 unspecified atom stereocenters. The SMILES string of the molecule is Cc1ccc(S(=O)(=O)N(C)CCNC(=O)CCCOc2ccccc2)cc1. The molecule has 0 saturated heterocycles. The van der Waals surface area contributed by atoms with Gasteiger partial charge in [-0.2, -0.15) is 4.31 Å². The second-order valence-electron chi connectivity index (χ2n) is 6.25. The summed E-state index contributed by atoms with van der Waals surface area (Å²) in [6, 6.07) is 16.1. The molecule has 1 N–H and O–H groups in total. The highest BCUT2D eigenvalue weighted by Gasteiger charge is 2.20. The van der Waals surface area contributed by atoms with Gasteiger partial charge in [0, 0.05) is 26.6 Å². The Kier molecular flexibility index (Phi) is 7.82. The quantitative estimate of drug-likeness (QED) is 0.633. The minimum absolute atomic E-state index is 0.118. The molecule has 0 saturated carbocycles. The molecule has 0 aliphatic rings. The first-order valence-electron chi connectivity index (χ1n) is 8.87. The van der Waals surface area contributed by atoms with Crippen LogP contribution >= 0.6 is 0 Å². The zero-order valence-corrected chi connectivity index (χ0v) is 16.5. The van der Waals surface area contributed by atoms with Crippen LogP contribution in [-0.2, 0) is 14.8 Å². The van der Waals surface area contributed by atoms with Crippen LogP contribution in [0.1, 0.15) is 18.4 Å². The summed E-state index contributed by atoms with van der Waals surface area (Å²) in [5.74, 6) is 0.661. The van der Waals surface area contributed by atoms with Crippen LogP contribution in [0, 0.1) is 6.92 Å². The minimum Gasteiger partial charge on any atom is -0.494 e. The van der Waals surface area contributed by atoms with Crippen molar-refractivity contribution in [3.63, 3.8) is 0 Å². The van der Waals surface area contributed by atoms with Crippen molar-refractivity contribution < 1.29 is 17.9 Å². The van der Waals surface area contributed by atoms with E-state index in [-0.39, 0.29) is 23.9 Å². The van der Waals surface area contributed by atoms with Crippen molar-refractivity contribution in [2.24, 2.45) is 0 Å². The summed E-state index contributed by atoms with van der Waals surface area (Å²) < 4.78 is 31.7. The lowest BCUT2D eigenvalue weighted by atomic mass is 10.2. The van der Waals surface area contributed by atoms with E-state index in [0.717, 1.165) is 11.3 Å². The Morgan fingerprint density at radius 1 is 1.07 bits per heavy atom. The molecule has 2 aromatic carbocycles. The summed E-state index contributed by atoms with van der Waals surface area (Å²) in [7, 11) is -2.03. The van der Waals surface area contributed by atoms with Crippen LogP contribution in [0.2, 0.25) is 0 Å². The van der Waals surface area contributed by atoms with E-state index in [1.807, 2.05) is 37.3 Å². The van der Waals surface area contributed by atoms with Crippen molar-refractivity contribution in [1.29, 1.82) is 0 Å². The lowest BCUT2D eigenvalue weighted by molar-refractivity contribution is -0.121. The van der Waals surface area contributed by atoms with Gasteiger partial charge in [-0.15, -0.1) is 0 Å². The molecule has 0 radical (unpaired) electrons. The van der Waals surface area contributed by atoms with E-state index < -0.39 is 10.0 Å². The second kappa shape index (κ2) is 10.1. The Hall–Kier alpha value is -2.38. The molecule has 0 aromatic heterocycles. The minimum atomic E-state index is -3.54. The Morgan fingerprint density at radius 3 is 2.41 bits per heavy atom. The Morgan fingerprint density at radius 2 is 1.74 bits per heavy atom. The van der Waals surface area contributed by atoms with Gasteiger partial charge in [0.1, 0.15) is 5.75 Å². The van der Waals surface area contributed by atoms with Crippen molar-refractivity contribution in [2.45, 2.75) is 24.7 Å². The fraction of sp³-hybridized carbons (Fsp3) is 0.350. The molecule has 1 amide bonds. The van der Waals surface area contributed by atoms with Gasteiger partial charge in [0.05, 0.1) is 11.5 Å². The first-order valence-corrected chi connectivity index (χ1v) is 10.3. The summed E-state index contributed by atoms with van der Waals surface area (Å²) in [4.78, 5) is 12.1. The lowest BCUT2D eigenvalue weighted by Crippen LogP contribution is -2.36. The van der Waals surface area contributed by atoms with Gasteiger partial charge in [-0.25, -0.2) is 8.42 Å². The van der Waals surface area contributed by atoms with Crippen molar-refractivity contribution >= 4 is 15.9 Å². The van der Waals surface area contributed by atoms with E-state index >= 15 is 0 Å². The summed E-state index contributed by atoms with van der Waals surface area (Å²) in [6.07, 6.45) is 0.930. The zero-order chi connectivity index (χ0) is 19.7. The highest BCUT2D eigenvalue weighted by molar-refractivity contribution is 7.89. The number of likely N-dealkylation sites (N-methyl/N-ethyl adjacent to an activating group) is 1. The molecule has 0 fully saturated rings. The maximum absolute atomic E-state index is 12.5. The van der Waals surface area contributed by atoms with Crippen molar-refractivity contribution in [3.05, 3.63) is 60.2 Å². The number of nitrogens with zero attached hydrogens (tertiary/aromatic N) is 1. The molecular formula is C20H26N2O4S. The van der Waals surface area contributed by atoms with Crippen LogP contribution in [0.4, 0.5) is 0 Å². The average Bonchev–Trinajstić information content (AvgIpc) is 2.66. The van der Waals surface area contributed by atoms with Gasteiger partial charge in [-0.05, 0) is 37.6 Å². The number of hydrogen-bond acceptors (Lipinski definition) is 4. The second-order valence-corrected chi connectivity index (χ2v) is 8.30. The van der Waals surface area contributed by atoms with Gasteiger partial charge in [0.15, 0.2) is 0 Å². The monoisotopic (exact) mass is 390 g/mol. The van der Waals surface area contributed by atoms with Gasteiger partial charge >= 0.3 is 0 Å². The van der Waals surface area contributed by atoms with Crippen molar-refractivity contribution in [3.8, 4) is 5.75 Å². The number of nitrogens with one attached hydrogen (secondary N) is 1. The van der Waals surface area contributed by atoms with Crippen LogP contribution in [0.3, 0.4) is 0 Å². The molecule has 146 valence electrons. The number of sulfonamides is 1. The van der Waals surface area contributed by atoms with Crippen LogP contribution in [0.15, 0.2) is 59.5 Å². The largest absolute Gasteiger partial charge is 0.494 e. The van der Waals surface area contributed by atoms with E-state index in [1.54, 1.807) is 24.3 Å². The van der Waals surface area contributed by atoms with E-state index in [1.165, 1.54) is 11.4 Å². The first kappa shape index (κ1) is 20.9. The summed E-state index contributed by atoms with van der Waals surface area (Å²) in [5, 5.41) is 2.74. The topological polar surface area (TPSA) is 75.7 Å². The Balaban J connectivity index is 1.67. The fourth-order valence-electron chi connectivity index (χ4n) is 2.39. The number of carbonyl (C=O) groups is 1. The number of carbonyl (C=O) groups excluding carboxylic acids is 1. The average molecular weight is 391 g/mol. The molecule has 7 heteroatoms. The molecule has 2 rings (SSSR count). The molecule has 0 aliphatic carbocycles. The molecule has 0 spiro atoms. The predicted octanol–water partition coefficient (Wildman–Crippen LogP) is 2.59. The predicted molar refractivity (Wildman–Crippen MR) is 105 cm³/mol. The summed E-state index contributed by atoms with van der Waals surface area (Å²) in [5.41, 5.74) is 1.00. The van der Waals surface area contributed by atoms with Gasteiger partial charge in [-0.1, -0.05) is 35.9 Å². The number of benzene rings is 2. The molecular weight excluding hydrogens is 364 g/mol. The van der Waals surface area contributed by atoms with E-state index in [4.69, 9.17) is 4.74 Å². The molecule has 6 nitrogen and oxygen atoms in total. The van der Waals surface area contributed by atoms with Crippen LogP contribution in [0.5, 0.6) is 5.75 Å². The molecule has 0 aliphatic heterocycles. The fourth-order valence-corrected chi connectivity index (χ4v) is 3.56. The Bertz CT molecular complexity index is 821. The van der Waals surface area contributed by atoms with E-state index in [2.05, 4.69) is 5.32 Å². The van der Waals surface area contributed by atoms with Crippen LogP contribution in [0.25, 0.3) is 0 Å². The lowest BCUT2D eigenvalue weighted by Gasteiger charge is -2.17. The normalized spacial score (nSPS) is 11.4. The third kappa shape index (κ3) is 6.69. The van der Waals surface area contributed by atoms with Gasteiger partial charge in [-0.3, -0.25) is 4.79 Å². The number of rotatable bonds is 10. The number of ether oxygens (including phenoxy) is 1. The highest BCUT2D eigenvalue weighted by atomic mass is 32.2. The van der Waals surface area contributed by atoms with Gasteiger partial charge < -0.3 is 10.1 Å². The first-order chi connectivity index (χ1) is 12.9. The van der Waals surface area contributed by atoms with Gasteiger partial charge in [0.2, 0.25) is 15.9 Å². The number of amides is 1. The third-order valence-electron chi connectivity index (χ3n) is 4.04. The summed E-state index contributed by atoms with van der Waals surface area (Å²) >= 11 is 0. The number of para-hydroxylation sites is 1. The summed E-state index contributed by atoms with van der Waals surface area (Å²) in [6.45, 7) is 2.84. The highest BCUT2D eigenvalue weighted by Crippen LogP contribution is 2.14. The smallest absolute Gasteiger partial charge is 0.242 e. The molecule has 0 heterocycles. The number of hydrogen-bond donors (Lipinski definition) is 1. The maximum atomic E-state index is 12.5. The number of aryl methyl sites for hydroxylation is 1. The molecule has 2 aromatic rings. The van der Waals surface area contributed by atoms with E-state index in [9.17, 15) is 13.2 Å². The van der Waals surface area contributed by atoms with Crippen LogP contribution in [-0.4, -0.2) is 45.4 Å². The van der Waals surface area contributed by atoms with E-state index in [0.29, 0.717) is 19.4 Å². The Labute approximate surface area is 161 Å². The van der Waals surface area contributed by atoms with Gasteiger partial charge in [0.25, 0.3) is 0 Å². The maximum Gasteiger partial charge on any atom is 0.242 e. The molecule has 27 heavy (non-hydrogen) atoms. The van der Waals surface area contributed by atoms with Crippen molar-refractivity contribution in [2.75, 3.05) is 26.7 Å². The molecule has 0 bridgehead atoms. The molecule has 0 atom stereocenters. The zero-order valence-electron chi connectivity index (χ0n) is 15.7.